The summed E-state index contributed by atoms with van der Waals surface area (Å²) >= 11 is 5.96. The molecule has 14 heterocycles. The highest BCUT2D eigenvalue weighted by atomic mass is 35.5. The Morgan fingerprint density at radius 2 is 0.992 bits per heavy atom. The monoisotopic (exact) mass is 1710 g/mol. The summed E-state index contributed by atoms with van der Waals surface area (Å²) in [5.74, 6) is 2.77. The molecule has 0 bridgehead atoms. The van der Waals surface area contributed by atoms with Crippen molar-refractivity contribution in [1.82, 2.24) is 72.7 Å². The van der Waals surface area contributed by atoms with E-state index in [4.69, 9.17) is 40.3 Å². The molecule has 668 valence electrons. The Bertz CT molecular complexity index is 6160. The summed E-state index contributed by atoms with van der Waals surface area (Å²) in [7, 11) is 0. The van der Waals surface area contributed by atoms with E-state index in [2.05, 4.69) is 313 Å². The van der Waals surface area contributed by atoms with Gasteiger partial charge in [-0.3, -0.25) is 13.9 Å². The molecule has 0 saturated carbocycles. The second kappa shape index (κ2) is 38.1. The largest absolute Gasteiger partial charge is 0.384 e. The maximum Gasteiger partial charge on any atom is 0.205 e. The number of hydrogen-bond acceptors (Lipinski definition) is 13. The number of nitrogens with one attached hydrogen (secondary N) is 3. The maximum absolute atomic E-state index is 13.8. The molecule has 16 rings (SSSR count). The smallest absolute Gasteiger partial charge is 0.205 e. The predicted molar refractivity (Wildman–Crippen MR) is 528 cm³/mol. The van der Waals surface area contributed by atoms with Gasteiger partial charge in [0.2, 0.25) is 11.9 Å². The van der Waals surface area contributed by atoms with Crippen LogP contribution in [0.1, 0.15) is 277 Å². The first kappa shape index (κ1) is 98.9. The van der Waals surface area contributed by atoms with Crippen molar-refractivity contribution in [3.8, 4) is 0 Å². The fraction of sp³-hybridized carbons (Fsp3) is 0.417. The van der Waals surface area contributed by atoms with Crippen molar-refractivity contribution in [3.05, 3.63) is 266 Å². The standard InChI is InChI=1S/C13H16FN.C12H17N3.2C12H16N2.C11H13ClN2.2C11H15N3.C11H18N2.C10H16N2/c1-8-7-15-12-6-11(14)10(5-9(8)12)13(2,3)4;1-8-10-7-9(12(2,3)4)5-6-15(10)11(13)14-8;1-8-6-13-11-10(8)5-9(7-14-11)12(2,3)4;1-9-7-13-11-6-5-10(12(2,3)4)14(11)8-9;1-11(2,3)10-8-6-7(12)4-5-9(8)13-14-10;1-11(2,3)8-4-5-14-9(6-8)7-13-10(14)12;1-11(2,3)8-4-5-9-10(12)13-7-14(9)6-8;1-7-6-9(12)13-8(2)10(7)11(3,4)5;1-7-8(10(2,3)4)5-6-9(11)12-7/h5-7,15H,1-4H3;5-7H,1-4H3,(H2,13,14);5-7H,1-4H3,(H,13,14);5-8H,1-4H3;4-6H,1-3H3,(H,13,14);4-7H,1-3H3,(H2,12,13);4-7H,12H2,1-3H3;6H,1-5H3,(H2,12,13);5-6H,1-4H3,(H2,11,12). The van der Waals surface area contributed by atoms with Gasteiger partial charge in [0, 0.05) is 110 Å². The van der Waals surface area contributed by atoms with Gasteiger partial charge in [0.25, 0.3) is 0 Å². The summed E-state index contributed by atoms with van der Waals surface area (Å²) in [6.45, 7) is 73.0. The van der Waals surface area contributed by atoms with E-state index in [9.17, 15) is 4.39 Å². The summed E-state index contributed by atoms with van der Waals surface area (Å²) in [6, 6.07) is 34.2. The molecular formula is C103H142ClFN20. The van der Waals surface area contributed by atoms with E-state index in [0.717, 1.165) is 88.6 Å². The quantitative estimate of drug-likeness (QED) is 0.0701. The second-order valence-electron chi connectivity index (χ2n) is 42.1. The van der Waals surface area contributed by atoms with Crippen LogP contribution in [0.5, 0.6) is 0 Å². The third-order valence-electron chi connectivity index (χ3n) is 21.7. The third-order valence-corrected chi connectivity index (χ3v) is 21.9. The number of nitrogens with zero attached hydrogens (tertiary/aromatic N) is 12. The number of benzene rings is 2. The number of H-pyrrole nitrogens is 3. The van der Waals surface area contributed by atoms with E-state index in [1.165, 1.54) is 61.2 Å². The summed E-state index contributed by atoms with van der Waals surface area (Å²) in [5.41, 5.74) is 55.3. The van der Waals surface area contributed by atoms with Crippen LogP contribution < -0.4 is 28.7 Å². The minimum absolute atomic E-state index is 0.0689. The molecule has 20 nitrogen and oxygen atoms in total. The molecule has 0 radical (unpaired) electrons. The summed E-state index contributed by atoms with van der Waals surface area (Å²) in [4.78, 5) is 35.9. The Balaban J connectivity index is 0.000000174. The summed E-state index contributed by atoms with van der Waals surface area (Å²) in [5, 5.41) is 11.5. The maximum atomic E-state index is 13.8. The Kier molecular flexibility index (Phi) is 30.1. The minimum atomic E-state index is -0.151. The van der Waals surface area contributed by atoms with Crippen LogP contribution in [0.2, 0.25) is 5.02 Å². The van der Waals surface area contributed by atoms with Crippen molar-refractivity contribution in [2.45, 2.75) is 284 Å². The van der Waals surface area contributed by atoms with Crippen LogP contribution >= 0.6 is 11.6 Å². The lowest BCUT2D eigenvalue weighted by molar-refractivity contribution is 0.524. The highest BCUT2D eigenvalue weighted by molar-refractivity contribution is 6.31. The van der Waals surface area contributed by atoms with Crippen LogP contribution in [-0.2, 0) is 48.7 Å². The van der Waals surface area contributed by atoms with Crippen LogP contribution in [0, 0.1) is 54.3 Å². The van der Waals surface area contributed by atoms with Gasteiger partial charge in [-0.25, -0.2) is 39.3 Å². The third kappa shape index (κ3) is 25.6. The number of rotatable bonds is 0. The molecule has 13 N–H and O–H groups in total. The average molecular weight is 1710 g/mol. The van der Waals surface area contributed by atoms with E-state index in [1.54, 1.807) is 18.6 Å². The van der Waals surface area contributed by atoms with E-state index in [1.807, 2.05) is 141 Å². The number of imidazole rings is 3. The second-order valence-corrected chi connectivity index (χ2v) is 42.6. The van der Waals surface area contributed by atoms with E-state index in [-0.39, 0.29) is 54.6 Å². The number of pyridine rings is 6. The molecule has 0 amide bonds. The fourth-order valence-corrected chi connectivity index (χ4v) is 14.9. The lowest BCUT2D eigenvalue weighted by atomic mass is 9.83. The lowest BCUT2D eigenvalue weighted by Crippen LogP contribution is -2.16. The molecule has 0 fully saturated rings. The predicted octanol–water partition coefficient (Wildman–Crippen LogP) is 25.3. The van der Waals surface area contributed by atoms with Gasteiger partial charge in [-0.1, -0.05) is 211 Å². The first-order valence-electron chi connectivity index (χ1n) is 42.9. The van der Waals surface area contributed by atoms with Gasteiger partial charge < -0.3 is 47.4 Å². The average Bonchev–Trinajstić information content (AvgIpc) is 1.77. The number of nitrogens with two attached hydrogens (primary N) is 5. The molecule has 14 aromatic heterocycles. The van der Waals surface area contributed by atoms with Gasteiger partial charge in [-0.05, 0) is 239 Å². The topological polar surface area (TPSA) is 298 Å². The number of aryl methyl sites for hydroxylation is 7. The highest BCUT2D eigenvalue weighted by Gasteiger charge is 2.26. The first-order chi connectivity index (χ1) is 57.4. The number of anilines is 5. The number of aromatic nitrogens is 15. The molecule has 0 aliphatic rings. The molecule has 22 heteroatoms. The van der Waals surface area contributed by atoms with Gasteiger partial charge in [0.15, 0.2) is 0 Å². The molecule has 125 heavy (non-hydrogen) atoms. The van der Waals surface area contributed by atoms with Crippen molar-refractivity contribution in [2.75, 3.05) is 28.7 Å². The van der Waals surface area contributed by atoms with Crippen LogP contribution in [0.25, 0.3) is 55.0 Å². The van der Waals surface area contributed by atoms with Crippen LogP contribution in [-0.4, -0.2) is 72.7 Å². The molecular weight excluding hydrogens is 1570 g/mol. The number of aromatic amines is 3. The van der Waals surface area contributed by atoms with Gasteiger partial charge in [0.05, 0.1) is 34.0 Å². The zero-order chi connectivity index (χ0) is 93.7. The molecule has 0 unspecified atom stereocenters. The van der Waals surface area contributed by atoms with Gasteiger partial charge >= 0.3 is 0 Å². The number of halogens is 2. The summed E-state index contributed by atoms with van der Waals surface area (Å²) < 4.78 is 21.8. The molecule has 0 spiro atoms. The van der Waals surface area contributed by atoms with Crippen molar-refractivity contribution in [1.29, 1.82) is 0 Å². The van der Waals surface area contributed by atoms with Crippen LogP contribution in [0.3, 0.4) is 0 Å². The fourth-order valence-electron chi connectivity index (χ4n) is 14.7. The van der Waals surface area contributed by atoms with Crippen LogP contribution in [0.15, 0.2) is 165 Å². The number of hydrogen-bond donors (Lipinski definition) is 8. The summed E-state index contributed by atoms with van der Waals surface area (Å²) in [6.07, 6.45) is 19.5. The van der Waals surface area contributed by atoms with Crippen LogP contribution in [0.4, 0.5) is 33.7 Å². The zero-order valence-corrected chi connectivity index (χ0v) is 81.9. The molecule has 16 aromatic rings. The molecule has 0 aliphatic carbocycles. The van der Waals surface area contributed by atoms with Gasteiger partial charge in [-0.2, -0.15) is 5.10 Å². The minimum Gasteiger partial charge on any atom is -0.384 e. The lowest BCUT2D eigenvalue weighted by Gasteiger charge is -2.23. The van der Waals surface area contributed by atoms with Gasteiger partial charge in [0.1, 0.15) is 40.9 Å². The SMILES string of the molecule is CC(C)(C)c1[nH]nc2ccc(Cl)cc12.CC(C)(C)c1ccc2c(N)ncn2c1.CC(C)(C)c1ccn2c(N)ncc2c1.Cc1c[nH]c2cc(F)c(C(C)(C)C)cc12.Cc1c[nH]c2ncc(C(C)(C)C)cc12.Cc1cc(N)nc(C)c1C(C)(C)C.Cc1cnc2ccc(C(C)(C)C)n2c1.Cc1nc(N)ccc1C(C)(C)C.Cc1nc(N)n2ccc(C(C)(C)C)cc12. The van der Waals surface area contributed by atoms with Gasteiger partial charge in [-0.15, -0.1) is 0 Å². The molecule has 2 aromatic carbocycles. The van der Waals surface area contributed by atoms with E-state index >= 15 is 0 Å². The number of nitrogen functional groups attached to an aromatic ring is 5. The normalized spacial score (nSPS) is 12.2. The van der Waals surface area contributed by atoms with E-state index < -0.39 is 0 Å². The molecule has 0 aliphatic heterocycles. The van der Waals surface area contributed by atoms with Crippen molar-refractivity contribution in [3.63, 3.8) is 0 Å². The van der Waals surface area contributed by atoms with Crippen molar-refractivity contribution in [2.24, 2.45) is 0 Å². The molecule has 0 saturated heterocycles. The Hall–Kier alpha value is -11.6. The van der Waals surface area contributed by atoms with E-state index in [0.29, 0.717) is 29.4 Å². The molecule has 0 atom stereocenters. The first-order valence-corrected chi connectivity index (χ1v) is 43.3. The van der Waals surface area contributed by atoms with Crippen molar-refractivity contribution < 1.29 is 4.39 Å². The highest BCUT2D eigenvalue weighted by Crippen LogP contribution is 2.36. The van der Waals surface area contributed by atoms with Crippen molar-refractivity contribution >= 4 is 96.0 Å². The Morgan fingerprint density at radius 1 is 0.400 bits per heavy atom. The Morgan fingerprint density at radius 3 is 1.57 bits per heavy atom. The number of fused-ring (bicyclic) bond motifs is 7. The zero-order valence-electron chi connectivity index (χ0n) is 81.1. The Labute approximate surface area is 747 Å².